The smallest absolute Gasteiger partial charge is 0.254 e. The third kappa shape index (κ3) is 4.13. The molecule has 0 unspecified atom stereocenters. The molecule has 0 aliphatic rings. The van der Waals surface area contributed by atoms with Gasteiger partial charge in [0.2, 0.25) is 0 Å². The van der Waals surface area contributed by atoms with Crippen LogP contribution in [0.4, 0.5) is 5.69 Å². The number of carbonyl (C=O) groups excluding carboxylic acids is 1. The number of nitrogens with zero attached hydrogens (tertiary/aromatic N) is 1. The van der Waals surface area contributed by atoms with Crippen LogP contribution < -0.4 is 10.5 Å². The van der Waals surface area contributed by atoms with Gasteiger partial charge in [-0.15, -0.1) is 0 Å². The molecule has 0 spiro atoms. The predicted octanol–water partition coefficient (Wildman–Crippen LogP) is 1.78. The first-order valence-electron chi connectivity index (χ1n) is 6.44. The first-order chi connectivity index (χ1) is 9.13. The number of nitrogen functional groups attached to an aromatic ring is 1. The number of amides is 1. The van der Waals surface area contributed by atoms with Gasteiger partial charge in [-0.1, -0.05) is 0 Å². The van der Waals surface area contributed by atoms with E-state index >= 15 is 0 Å². The highest BCUT2D eigenvalue weighted by Gasteiger charge is 2.15. The van der Waals surface area contributed by atoms with E-state index in [0.29, 0.717) is 43.3 Å². The monoisotopic (exact) mass is 266 g/mol. The fraction of sp³-hybridized carbons (Fsp3) is 0.500. The summed E-state index contributed by atoms with van der Waals surface area (Å²) in [4.78, 5) is 14.1. The van der Waals surface area contributed by atoms with Gasteiger partial charge in [-0.3, -0.25) is 4.79 Å². The van der Waals surface area contributed by atoms with Gasteiger partial charge in [-0.05, 0) is 32.0 Å². The molecule has 5 heteroatoms. The maximum Gasteiger partial charge on any atom is 0.254 e. The van der Waals surface area contributed by atoms with Crippen molar-refractivity contribution in [1.29, 1.82) is 0 Å². The van der Waals surface area contributed by atoms with E-state index in [9.17, 15) is 4.79 Å². The van der Waals surface area contributed by atoms with Crippen LogP contribution >= 0.6 is 0 Å². The zero-order valence-electron chi connectivity index (χ0n) is 11.8. The molecule has 0 saturated carbocycles. The largest absolute Gasteiger partial charge is 0.495 e. The highest BCUT2D eigenvalue weighted by Crippen LogP contribution is 2.22. The van der Waals surface area contributed by atoms with Gasteiger partial charge in [-0.2, -0.15) is 0 Å². The number of carbonyl (C=O) groups is 1. The van der Waals surface area contributed by atoms with E-state index < -0.39 is 0 Å². The maximum atomic E-state index is 12.3. The van der Waals surface area contributed by atoms with Crippen molar-refractivity contribution in [1.82, 2.24) is 4.90 Å². The summed E-state index contributed by atoms with van der Waals surface area (Å²) >= 11 is 0. The number of hydrogen-bond acceptors (Lipinski definition) is 4. The fourth-order valence-electron chi connectivity index (χ4n) is 1.75. The van der Waals surface area contributed by atoms with Gasteiger partial charge in [0.15, 0.2) is 0 Å². The molecule has 0 atom stereocenters. The normalized spacial score (nSPS) is 10.3. The average molecular weight is 266 g/mol. The molecule has 19 heavy (non-hydrogen) atoms. The molecule has 0 radical (unpaired) electrons. The Morgan fingerprint density at radius 1 is 1.37 bits per heavy atom. The molecule has 0 saturated heterocycles. The molecular weight excluding hydrogens is 244 g/mol. The van der Waals surface area contributed by atoms with Gasteiger partial charge < -0.3 is 20.1 Å². The maximum absolute atomic E-state index is 12.3. The summed E-state index contributed by atoms with van der Waals surface area (Å²) in [5.74, 6) is 0.479. The number of nitrogens with two attached hydrogens (primary N) is 1. The van der Waals surface area contributed by atoms with Crippen molar-refractivity contribution >= 4 is 11.6 Å². The summed E-state index contributed by atoms with van der Waals surface area (Å²) < 4.78 is 10.4. The van der Waals surface area contributed by atoms with Crippen molar-refractivity contribution in [3.05, 3.63) is 23.8 Å². The molecule has 0 aliphatic heterocycles. The molecule has 0 aliphatic carbocycles. The minimum absolute atomic E-state index is 0.0412. The van der Waals surface area contributed by atoms with Crippen molar-refractivity contribution in [3.63, 3.8) is 0 Å². The van der Waals surface area contributed by atoms with Gasteiger partial charge >= 0.3 is 0 Å². The lowest BCUT2D eigenvalue weighted by atomic mass is 10.1. The van der Waals surface area contributed by atoms with E-state index in [0.717, 1.165) is 0 Å². The SMILES string of the molecule is CCOCCN(CC)C(=O)c1ccc(N)c(OC)c1. The molecule has 0 heterocycles. The van der Waals surface area contributed by atoms with E-state index in [1.165, 1.54) is 7.11 Å². The Kier molecular flexibility index (Phi) is 6.15. The molecule has 2 N–H and O–H groups in total. The zero-order valence-corrected chi connectivity index (χ0v) is 11.8. The average Bonchev–Trinajstić information content (AvgIpc) is 2.43. The number of benzene rings is 1. The third-order valence-electron chi connectivity index (χ3n) is 2.86. The first-order valence-corrected chi connectivity index (χ1v) is 6.44. The second kappa shape index (κ2) is 7.63. The van der Waals surface area contributed by atoms with Crippen molar-refractivity contribution in [2.45, 2.75) is 13.8 Å². The Balaban J connectivity index is 2.79. The summed E-state index contributed by atoms with van der Waals surface area (Å²) in [6, 6.07) is 5.06. The summed E-state index contributed by atoms with van der Waals surface area (Å²) in [6.07, 6.45) is 0. The van der Waals surface area contributed by atoms with Crippen LogP contribution in [0, 0.1) is 0 Å². The Hall–Kier alpha value is -1.75. The predicted molar refractivity (Wildman–Crippen MR) is 75.5 cm³/mol. The Morgan fingerprint density at radius 3 is 2.68 bits per heavy atom. The second-order valence-electron chi connectivity index (χ2n) is 4.04. The number of rotatable bonds is 7. The highest BCUT2D eigenvalue weighted by atomic mass is 16.5. The quantitative estimate of drug-likeness (QED) is 0.603. The Bertz CT molecular complexity index is 421. The van der Waals surface area contributed by atoms with Crippen LogP contribution in [0.15, 0.2) is 18.2 Å². The molecular formula is C14H22N2O3. The van der Waals surface area contributed by atoms with Crippen molar-refractivity contribution in [2.75, 3.05) is 39.1 Å². The van der Waals surface area contributed by atoms with Gasteiger partial charge in [-0.25, -0.2) is 0 Å². The van der Waals surface area contributed by atoms with Crippen LogP contribution in [0.5, 0.6) is 5.75 Å². The Morgan fingerprint density at radius 2 is 2.11 bits per heavy atom. The van der Waals surface area contributed by atoms with Crippen LogP contribution in [-0.2, 0) is 4.74 Å². The Labute approximate surface area is 114 Å². The topological polar surface area (TPSA) is 64.8 Å². The van der Waals surface area contributed by atoms with Gasteiger partial charge in [0.1, 0.15) is 5.75 Å². The summed E-state index contributed by atoms with van der Waals surface area (Å²) in [7, 11) is 1.53. The lowest BCUT2D eigenvalue weighted by Gasteiger charge is -2.21. The summed E-state index contributed by atoms with van der Waals surface area (Å²) in [5, 5.41) is 0. The number of likely N-dealkylation sites (N-methyl/N-ethyl adjacent to an activating group) is 1. The summed E-state index contributed by atoms with van der Waals surface area (Å²) in [6.45, 7) is 6.29. The van der Waals surface area contributed by atoms with E-state index in [2.05, 4.69) is 0 Å². The van der Waals surface area contributed by atoms with E-state index in [-0.39, 0.29) is 5.91 Å². The van der Waals surface area contributed by atoms with Gasteiger partial charge in [0, 0.05) is 25.3 Å². The van der Waals surface area contributed by atoms with Crippen LogP contribution in [0.25, 0.3) is 0 Å². The molecule has 0 aromatic heterocycles. The lowest BCUT2D eigenvalue weighted by molar-refractivity contribution is 0.0669. The van der Waals surface area contributed by atoms with Crippen LogP contribution in [0.2, 0.25) is 0 Å². The number of ether oxygens (including phenoxy) is 2. The minimum atomic E-state index is -0.0412. The number of hydrogen-bond donors (Lipinski definition) is 1. The van der Waals surface area contributed by atoms with Crippen LogP contribution in [0.3, 0.4) is 0 Å². The van der Waals surface area contributed by atoms with Gasteiger partial charge in [0.25, 0.3) is 5.91 Å². The second-order valence-corrected chi connectivity index (χ2v) is 4.04. The lowest BCUT2D eigenvalue weighted by Crippen LogP contribution is -2.33. The van der Waals surface area contributed by atoms with E-state index in [4.69, 9.17) is 15.2 Å². The zero-order chi connectivity index (χ0) is 14.3. The standard InChI is InChI=1S/C14H22N2O3/c1-4-16(8-9-19-5-2)14(17)11-6-7-12(15)13(10-11)18-3/h6-7,10H,4-5,8-9,15H2,1-3H3. The number of anilines is 1. The van der Waals surface area contributed by atoms with E-state index in [1.54, 1.807) is 23.1 Å². The van der Waals surface area contributed by atoms with Crippen LogP contribution in [-0.4, -0.2) is 44.2 Å². The fourth-order valence-corrected chi connectivity index (χ4v) is 1.75. The summed E-state index contributed by atoms with van der Waals surface area (Å²) in [5.41, 5.74) is 6.84. The molecule has 0 bridgehead atoms. The van der Waals surface area contributed by atoms with Crippen molar-refractivity contribution < 1.29 is 14.3 Å². The molecule has 106 valence electrons. The van der Waals surface area contributed by atoms with Crippen molar-refractivity contribution in [3.8, 4) is 5.75 Å². The third-order valence-corrected chi connectivity index (χ3v) is 2.86. The molecule has 1 aromatic rings. The van der Waals surface area contributed by atoms with Crippen molar-refractivity contribution in [2.24, 2.45) is 0 Å². The highest BCUT2D eigenvalue weighted by molar-refractivity contribution is 5.95. The molecule has 1 amide bonds. The first kappa shape index (κ1) is 15.3. The molecule has 5 nitrogen and oxygen atoms in total. The van der Waals surface area contributed by atoms with Gasteiger partial charge in [0.05, 0.1) is 19.4 Å². The van der Waals surface area contributed by atoms with Crippen LogP contribution in [0.1, 0.15) is 24.2 Å². The number of methoxy groups -OCH3 is 1. The molecule has 1 aromatic carbocycles. The van der Waals surface area contributed by atoms with E-state index in [1.807, 2.05) is 13.8 Å². The minimum Gasteiger partial charge on any atom is -0.495 e. The molecule has 1 rings (SSSR count). The molecule has 0 fully saturated rings.